The summed E-state index contributed by atoms with van der Waals surface area (Å²) in [6.07, 6.45) is 2.30. The molecular weight excluding hydrogens is 542 g/mol. The fourth-order valence-electron chi connectivity index (χ4n) is 4.31. The van der Waals surface area contributed by atoms with E-state index >= 15 is 0 Å². The van der Waals surface area contributed by atoms with Crippen LogP contribution in [0.3, 0.4) is 0 Å². The van der Waals surface area contributed by atoms with Gasteiger partial charge in [0.15, 0.2) is 0 Å². The SMILES string of the molecule is CCC(C(=O)NC(C)C)N(Cc1ccc(C)cc1)C(=O)CN(c1ccc(C)cc1)S(=O)(=O)c1ccc(SC)cc1. The second-order valence-electron chi connectivity index (χ2n) is 10.1. The van der Waals surface area contributed by atoms with Crippen molar-refractivity contribution in [3.8, 4) is 0 Å². The van der Waals surface area contributed by atoms with Crippen LogP contribution in [0.4, 0.5) is 5.69 Å². The first-order chi connectivity index (χ1) is 19.0. The predicted octanol–water partition coefficient (Wildman–Crippen LogP) is 5.55. The smallest absolute Gasteiger partial charge is 0.264 e. The van der Waals surface area contributed by atoms with E-state index in [0.717, 1.165) is 25.9 Å². The van der Waals surface area contributed by atoms with Crippen LogP contribution in [0.5, 0.6) is 0 Å². The lowest BCUT2D eigenvalue weighted by molar-refractivity contribution is -0.140. The third-order valence-corrected chi connectivity index (χ3v) is 9.07. The second-order valence-corrected chi connectivity index (χ2v) is 12.9. The average molecular weight is 582 g/mol. The summed E-state index contributed by atoms with van der Waals surface area (Å²) in [7, 11) is -4.09. The van der Waals surface area contributed by atoms with Crippen molar-refractivity contribution in [1.29, 1.82) is 0 Å². The van der Waals surface area contributed by atoms with Gasteiger partial charge < -0.3 is 10.2 Å². The number of benzene rings is 3. The van der Waals surface area contributed by atoms with Gasteiger partial charge in [0.1, 0.15) is 12.6 Å². The molecule has 3 aromatic carbocycles. The van der Waals surface area contributed by atoms with Crippen molar-refractivity contribution >= 4 is 39.3 Å². The molecule has 1 N–H and O–H groups in total. The molecule has 0 saturated carbocycles. The summed E-state index contributed by atoms with van der Waals surface area (Å²) < 4.78 is 29.1. The molecule has 0 aliphatic heterocycles. The van der Waals surface area contributed by atoms with Gasteiger partial charge in [-0.2, -0.15) is 0 Å². The number of hydrogen-bond acceptors (Lipinski definition) is 5. The van der Waals surface area contributed by atoms with Gasteiger partial charge in [0.05, 0.1) is 10.6 Å². The largest absolute Gasteiger partial charge is 0.352 e. The van der Waals surface area contributed by atoms with Crippen LogP contribution in [-0.2, 0) is 26.2 Å². The van der Waals surface area contributed by atoms with Crippen LogP contribution >= 0.6 is 11.8 Å². The fourth-order valence-corrected chi connectivity index (χ4v) is 6.13. The molecule has 0 saturated heterocycles. The summed E-state index contributed by atoms with van der Waals surface area (Å²) in [5.41, 5.74) is 3.28. The summed E-state index contributed by atoms with van der Waals surface area (Å²) in [6.45, 7) is 9.20. The van der Waals surface area contributed by atoms with Crippen LogP contribution in [-0.4, -0.2) is 50.0 Å². The van der Waals surface area contributed by atoms with Crippen molar-refractivity contribution in [2.75, 3.05) is 17.1 Å². The Morgan fingerprint density at radius 3 is 1.93 bits per heavy atom. The van der Waals surface area contributed by atoms with Crippen LogP contribution < -0.4 is 9.62 Å². The molecule has 1 unspecified atom stereocenters. The first-order valence-electron chi connectivity index (χ1n) is 13.3. The van der Waals surface area contributed by atoms with E-state index in [1.165, 1.54) is 16.7 Å². The third-order valence-electron chi connectivity index (χ3n) is 6.54. The van der Waals surface area contributed by atoms with E-state index in [-0.39, 0.29) is 23.4 Å². The number of anilines is 1. The third kappa shape index (κ3) is 7.88. The minimum atomic E-state index is -4.09. The first-order valence-corrected chi connectivity index (χ1v) is 16.0. The summed E-state index contributed by atoms with van der Waals surface area (Å²) in [4.78, 5) is 29.8. The van der Waals surface area contributed by atoms with Gasteiger partial charge in [-0.05, 0) is 82.3 Å². The molecule has 1 atom stereocenters. The van der Waals surface area contributed by atoms with Crippen LogP contribution in [0.15, 0.2) is 82.6 Å². The number of hydrogen-bond donors (Lipinski definition) is 1. The van der Waals surface area contributed by atoms with Gasteiger partial charge in [0.25, 0.3) is 10.0 Å². The van der Waals surface area contributed by atoms with E-state index in [9.17, 15) is 18.0 Å². The number of sulfonamides is 1. The lowest BCUT2D eigenvalue weighted by Crippen LogP contribution is -2.53. The Morgan fingerprint density at radius 1 is 0.875 bits per heavy atom. The molecular formula is C31H39N3O4S2. The molecule has 0 aliphatic carbocycles. The van der Waals surface area contributed by atoms with Crippen molar-refractivity contribution in [1.82, 2.24) is 10.2 Å². The van der Waals surface area contributed by atoms with Gasteiger partial charge >= 0.3 is 0 Å². The number of amides is 2. The molecule has 3 aromatic rings. The maximum atomic E-state index is 14.1. The molecule has 0 aliphatic rings. The Kier molecular flexibility index (Phi) is 10.8. The Hall–Kier alpha value is -3.30. The Bertz CT molecular complexity index is 1390. The fraction of sp³-hybridized carbons (Fsp3) is 0.355. The predicted molar refractivity (Wildman–Crippen MR) is 163 cm³/mol. The lowest BCUT2D eigenvalue weighted by atomic mass is 10.1. The zero-order chi connectivity index (χ0) is 29.4. The molecule has 2 amide bonds. The van der Waals surface area contributed by atoms with Crippen molar-refractivity contribution < 1.29 is 18.0 Å². The Balaban J connectivity index is 2.05. The molecule has 0 bridgehead atoms. The van der Waals surface area contributed by atoms with Crippen molar-refractivity contribution in [3.05, 3.63) is 89.5 Å². The number of nitrogens with one attached hydrogen (secondary N) is 1. The summed E-state index contributed by atoms with van der Waals surface area (Å²) in [5.74, 6) is -0.730. The average Bonchev–Trinajstić information content (AvgIpc) is 2.92. The number of carbonyl (C=O) groups is 2. The minimum absolute atomic E-state index is 0.0911. The highest BCUT2D eigenvalue weighted by molar-refractivity contribution is 7.98. The second kappa shape index (κ2) is 13.9. The lowest BCUT2D eigenvalue weighted by Gasteiger charge is -2.33. The standard InChI is InChI=1S/C31H39N3O4S2/c1-7-29(31(36)32-22(2)3)33(20-25-12-8-23(4)9-13-25)30(35)21-34(26-14-10-24(5)11-15-26)40(37,38)28-18-16-27(39-6)17-19-28/h8-19,22,29H,7,20-21H2,1-6H3,(H,32,36). The van der Waals surface area contributed by atoms with Gasteiger partial charge in [-0.1, -0.05) is 54.4 Å². The van der Waals surface area contributed by atoms with E-state index in [2.05, 4.69) is 5.32 Å². The topological polar surface area (TPSA) is 86.8 Å². The Labute approximate surface area is 243 Å². The molecule has 0 radical (unpaired) electrons. The molecule has 9 heteroatoms. The van der Waals surface area contributed by atoms with Crippen molar-refractivity contribution in [2.45, 2.75) is 69.5 Å². The minimum Gasteiger partial charge on any atom is -0.352 e. The molecule has 0 aromatic heterocycles. The molecule has 0 heterocycles. The molecule has 3 rings (SSSR count). The van der Waals surface area contributed by atoms with Crippen molar-refractivity contribution in [2.24, 2.45) is 0 Å². The highest BCUT2D eigenvalue weighted by Gasteiger charge is 2.33. The summed E-state index contributed by atoms with van der Waals surface area (Å²) in [5, 5.41) is 2.92. The van der Waals surface area contributed by atoms with Gasteiger partial charge in [-0.3, -0.25) is 13.9 Å². The summed E-state index contributed by atoms with van der Waals surface area (Å²) in [6, 6.07) is 20.5. The first kappa shape index (κ1) is 31.2. The van der Waals surface area contributed by atoms with Gasteiger partial charge in [0.2, 0.25) is 11.8 Å². The highest BCUT2D eigenvalue weighted by Crippen LogP contribution is 2.27. The molecule has 0 spiro atoms. The zero-order valence-corrected chi connectivity index (χ0v) is 25.7. The summed E-state index contributed by atoms with van der Waals surface area (Å²) >= 11 is 1.52. The number of nitrogens with zero attached hydrogens (tertiary/aromatic N) is 2. The quantitative estimate of drug-likeness (QED) is 0.283. The van der Waals surface area contributed by atoms with Crippen molar-refractivity contribution in [3.63, 3.8) is 0 Å². The number of rotatable bonds is 12. The van der Waals surface area contributed by atoms with E-state index in [1.807, 2.05) is 77.3 Å². The van der Waals surface area contributed by atoms with Gasteiger partial charge in [-0.15, -0.1) is 11.8 Å². The molecule has 7 nitrogen and oxygen atoms in total. The molecule has 40 heavy (non-hydrogen) atoms. The van der Waals surface area contributed by atoms with E-state index in [0.29, 0.717) is 12.1 Å². The van der Waals surface area contributed by atoms with Gasteiger partial charge in [0, 0.05) is 17.5 Å². The zero-order valence-electron chi connectivity index (χ0n) is 24.0. The van der Waals surface area contributed by atoms with Crippen LogP contribution in [0.1, 0.15) is 43.9 Å². The number of carbonyl (C=O) groups excluding carboxylic acids is 2. The molecule has 0 fully saturated rings. The van der Waals surface area contributed by atoms with E-state index in [1.54, 1.807) is 36.4 Å². The van der Waals surface area contributed by atoms with Crippen LogP contribution in [0.25, 0.3) is 0 Å². The monoisotopic (exact) mass is 581 g/mol. The van der Waals surface area contributed by atoms with Gasteiger partial charge in [-0.25, -0.2) is 8.42 Å². The number of thioether (sulfide) groups is 1. The van der Waals surface area contributed by atoms with E-state index < -0.39 is 28.5 Å². The van der Waals surface area contributed by atoms with E-state index in [4.69, 9.17) is 0 Å². The Morgan fingerprint density at radius 2 is 1.43 bits per heavy atom. The number of aryl methyl sites for hydroxylation is 2. The maximum absolute atomic E-state index is 14.1. The van der Waals surface area contributed by atoms with Crippen LogP contribution in [0.2, 0.25) is 0 Å². The highest BCUT2D eigenvalue weighted by atomic mass is 32.2. The normalized spacial score (nSPS) is 12.2. The maximum Gasteiger partial charge on any atom is 0.264 e. The molecule has 214 valence electrons. The van der Waals surface area contributed by atoms with Crippen LogP contribution in [0, 0.1) is 13.8 Å².